The zero-order valence-electron chi connectivity index (χ0n) is 23.2. The van der Waals surface area contributed by atoms with Crippen LogP contribution in [0.2, 0.25) is 0 Å². The number of fused-ring (bicyclic) bond motifs is 2. The number of aromatic nitrogens is 4. The number of carbonyl (C=O) groups is 1. The average Bonchev–Trinajstić information content (AvgIpc) is 3.60. The van der Waals surface area contributed by atoms with Crippen LogP contribution in [0.3, 0.4) is 0 Å². The number of hydrogen-bond acceptors (Lipinski definition) is 5. The first-order valence-corrected chi connectivity index (χ1v) is 14.5. The van der Waals surface area contributed by atoms with E-state index in [9.17, 15) is 44.3 Å². The molecule has 6 rings (SSSR count). The molecule has 0 bridgehead atoms. The van der Waals surface area contributed by atoms with Gasteiger partial charge in [-0.25, -0.2) is 40.7 Å². The van der Waals surface area contributed by atoms with Gasteiger partial charge in [-0.2, -0.15) is 13.9 Å². The third kappa shape index (κ3) is 6.04. The fourth-order valence-electron chi connectivity index (χ4n) is 5.53. The first-order valence-electron chi connectivity index (χ1n) is 13.6. The monoisotopic (exact) mass is 669 g/mol. The summed E-state index contributed by atoms with van der Waals surface area (Å²) in [7, 11) is 0. The van der Waals surface area contributed by atoms with Gasteiger partial charge in [0.15, 0.2) is 5.65 Å². The molecule has 0 saturated heterocycles. The predicted octanol–water partition coefficient (Wildman–Crippen LogP) is 7.99. The number of amides is 1. The van der Waals surface area contributed by atoms with Crippen molar-refractivity contribution in [1.82, 2.24) is 25.1 Å². The molecule has 1 aliphatic rings. The Labute approximate surface area is 257 Å². The molecule has 0 aliphatic heterocycles. The molecule has 0 spiro atoms. The van der Waals surface area contributed by atoms with Crippen molar-refractivity contribution < 1.29 is 44.3 Å². The molecule has 0 fully saturated rings. The van der Waals surface area contributed by atoms with Crippen LogP contribution in [0, 0.1) is 17.5 Å². The number of rotatable bonds is 8. The van der Waals surface area contributed by atoms with Gasteiger partial charge in [-0.1, -0.05) is 12.1 Å². The number of benzene rings is 2. The number of carbonyl (C=O) groups excluding carboxylic acids is 1. The lowest BCUT2D eigenvalue weighted by Crippen LogP contribution is -2.37. The van der Waals surface area contributed by atoms with E-state index in [2.05, 4.69) is 20.4 Å². The lowest BCUT2D eigenvalue weighted by atomic mass is 9.89. The Bertz CT molecular complexity index is 1920. The fourth-order valence-corrected chi connectivity index (χ4v) is 6.19. The molecule has 1 unspecified atom stereocenters. The molecule has 3 aromatic heterocycles. The van der Waals surface area contributed by atoms with Crippen LogP contribution in [-0.2, 0) is 29.6 Å². The average molecular weight is 670 g/mol. The van der Waals surface area contributed by atoms with Gasteiger partial charge in [0.25, 0.3) is 18.3 Å². The van der Waals surface area contributed by atoms with Crippen LogP contribution in [0.25, 0.3) is 21.5 Å². The van der Waals surface area contributed by atoms with Crippen LogP contribution < -0.4 is 5.32 Å². The van der Waals surface area contributed by atoms with Crippen LogP contribution in [0.5, 0.6) is 0 Å². The molecular weight excluding hydrogens is 649 g/mol. The summed E-state index contributed by atoms with van der Waals surface area (Å²) in [6.07, 6.45) is -6.73. The largest absolute Gasteiger partial charge is 0.346 e. The summed E-state index contributed by atoms with van der Waals surface area (Å²) in [5, 5.41) is 5.82. The Hall–Kier alpha value is -4.47. The molecule has 5 aromatic rings. The van der Waals surface area contributed by atoms with Crippen molar-refractivity contribution in [3.05, 3.63) is 99.7 Å². The zero-order chi connectivity index (χ0) is 33.0. The van der Waals surface area contributed by atoms with Crippen molar-refractivity contribution in [3.63, 3.8) is 0 Å². The maximum Gasteiger partial charge on any atom is 0.290 e. The summed E-state index contributed by atoms with van der Waals surface area (Å²) in [5.41, 5.74) is -2.07. The normalized spacial score (nSPS) is 16.0. The van der Waals surface area contributed by atoms with Crippen LogP contribution in [0.4, 0.5) is 39.5 Å². The molecule has 1 amide bonds. The highest BCUT2D eigenvalue weighted by atomic mass is 32.1. The van der Waals surface area contributed by atoms with Gasteiger partial charge < -0.3 is 5.32 Å². The molecule has 16 heteroatoms. The van der Waals surface area contributed by atoms with E-state index in [1.807, 2.05) is 0 Å². The summed E-state index contributed by atoms with van der Waals surface area (Å²) in [6.45, 7) is -1.18. The summed E-state index contributed by atoms with van der Waals surface area (Å²) in [6, 6.07) is 8.16. The van der Waals surface area contributed by atoms with E-state index in [4.69, 9.17) is 0 Å². The molecule has 46 heavy (non-hydrogen) atoms. The van der Waals surface area contributed by atoms with Gasteiger partial charge in [0.2, 0.25) is 5.91 Å². The minimum absolute atomic E-state index is 0.0376. The lowest BCUT2D eigenvalue weighted by Gasteiger charge is -2.29. The van der Waals surface area contributed by atoms with E-state index in [0.29, 0.717) is 21.9 Å². The second-order valence-electron chi connectivity index (χ2n) is 10.7. The number of hydrogen-bond donors (Lipinski definition) is 1. The highest BCUT2D eigenvalue weighted by Crippen LogP contribution is 2.52. The Morgan fingerprint density at radius 2 is 1.59 bits per heavy atom. The standard InChI is InChI=1S/C30H20F9N5OS/c31-16-3-1-15(2-4-16)19-11-21-28(40-13-46-21)42-24(19)20(9-14-7-17(32)10-18(33)8-14)41-22(45)12-44-26-23(25(43-44)27(34)35)29(36,37)5-6-30(26,38)39/h1-4,7-8,10-11,13,20,27H,5-6,9,12H2,(H,41,45). The molecule has 0 radical (unpaired) electrons. The van der Waals surface area contributed by atoms with Crippen molar-refractivity contribution in [1.29, 1.82) is 0 Å². The molecule has 3 heterocycles. The highest BCUT2D eigenvalue weighted by molar-refractivity contribution is 7.16. The van der Waals surface area contributed by atoms with Gasteiger partial charge in [0, 0.05) is 24.5 Å². The summed E-state index contributed by atoms with van der Waals surface area (Å²) >= 11 is 1.22. The molecule has 2 aromatic carbocycles. The lowest BCUT2D eigenvalue weighted by molar-refractivity contribution is -0.123. The predicted molar refractivity (Wildman–Crippen MR) is 148 cm³/mol. The van der Waals surface area contributed by atoms with Gasteiger partial charge in [0.05, 0.1) is 27.5 Å². The molecule has 1 aliphatic carbocycles. The summed E-state index contributed by atoms with van der Waals surface area (Å²) in [4.78, 5) is 22.1. The minimum atomic E-state index is -4.04. The quantitative estimate of drug-likeness (QED) is 0.170. The number of nitrogens with one attached hydrogen (secondary N) is 1. The fraction of sp³-hybridized carbons (Fsp3) is 0.267. The van der Waals surface area contributed by atoms with Gasteiger partial charge >= 0.3 is 0 Å². The Kier molecular flexibility index (Phi) is 8.02. The number of halogens is 9. The smallest absolute Gasteiger partial charge is 0.290 e. The van der Waals surface area contributed by atoms with Crippen molar-refractivity contribution in [2.45, 2.75) is 50.1 Å². The third-order valence-electron chi connectivity index (χ3n) is 7.48. The minimum Gasteiger partial charge on any atom is -0.346 e. The van der Waals surface area contributed by atoms with Gasteiger partial charge in [-0.15, -0.1) is 11.3 Å². The highest BCUT2D eigenvalue weighted by Gasteiger charge is 2.55. The molecule has 1 atom stereocenters. The van der Waals surface area contributed by atoms with Crippen LogP contribution >= 0.6 is 11.3 Å². The van der Waals surface area contributed by atoms with Crippen LogP contribution in [0.15, 0.2) is 54.0 Å². The van der Waals surface area contributed by atoms with Crippen molar-refractivity contribution in [3.8, 4) is 11.1 Å². The number of thiazole rings is 1. The van der Waals surface area contributed by atoms with E-state index < -0.39 is 84.0 Å². The number of alkyl halides is 6. The second-order valence-corrected chi connectivity index (χ2v) is 11.6. The zero-order valence-corrected chi connectivity index (χ0v) is 24.0. The maximum atomic E-state index is 14.9. The van der Waals surface area contributed by atoms with E-state index in [1.165, 1.54) is 41.1 Å². The summed E-state index contributed by atoms with van der Waals surface area (Å²) in [5.74, 6) is -11.6. The summed E-state index contributed by atoms with van der Waals surface area (Å²) < 4.78 is 129. The van der Waals surface area contributed by atoms with Gasteiger partial charge in [-0.3, -0.25) is 9.48 Å². The molecule has 240 valence electrons. The van der Waals surface area contributed by atoms with Gasteiger partial charge in [0.1, 0.15) is 35.4 Å². The van der Waals surface area contributed by atoms with Crippen molar-refractivity contribution in [2.75, 3.05) is 0 Å². The van der Waals surface area contributed by atoms with E-state index in [0.717, 1.165) is 12.1 Å². The van der Waals surface area contributed by atoms with Crippen LogP contribution in [0.1, 0.15) is 53.5 Å². The third-order valence-corrected chi connectivity index (χ3v) is 8.25. The van der Waals surface area contributed by atoms with Crippen molar-refractivity contribution >= 4 is 27.6 Å². The van der Waals surface area contributed by atoms with E-state index in [1.54, 1.807) is 6.07 Å². The van der Waals surface area contributed by atoms with E-state index in [-0.39, 0.29) is 28.0 Å². The Morgan fingerprint density at radius 1 is 0.913 bits per heavy atom. The molecule has 6 nitrogen and oxygen atoms in total. The first-order chi connectivity index (χ1) is 21.7. The maximum absolute atomic E-state index is 14.9. The molecule has 0 saturated carbocycles. The Balaban J connectivity index is 1.44. The van der Waals surface area contributed by atoms with Gasteiger partial charge in [-0.05, 0) is 47.9 Å². The molecule has 1 N–H and O–H groups in total. The SMILES string of the molecule is O=C(Cn1nc(C(F)F)c2c1C(F)(F)CCC2(F)F)NC(Cc1cc(F)cc(F)c1)c1nc2ncsc2cc1-c1ccc(F)cc1. The number of pyridine rings is 1. The first kappa shape index (κ1) is 31.5. The number of nitrogens with zero attached hydrogens (tertiary/aromatic N) is 4. The Morgan fingerprint density at radius 3 is 2.26 bits per heavy atom. The second kappa shape index (κ2) is 11.7. The van der Waals surface area contributed by atoms with Crippen molar-refractivity contribution in [2.24, 2.45) is 0 Å². The van der Waals surface area contributed by atoms with Crippen LogP contribution in [-0.4, -0.2) is 25.7 Å². The molecular formula is C30H20F9N5OS. The topological polar surface area (TPSA) is 72.7 Å². The van der Waals surface area contributed by atoms with E-state index >= 15 is 0 Å².